The molecule has 4 rings (SSSR count). The number of halogens is 3. The van der Waals surface area contributed by atoms with Gasteiger partial charge < -0.3 is 15.1 Å². The van der Waals surface area contributed by atoms with Gasteiger partial charge in [-0.25, -0.2) is 0 Å². The Hall–Kier alpha value is -3.81. The number of hydrogen-bond acceptors (Lipinski definition) is 3. The summed E-state index contributed by atoms with van der Waals surface area (Å²) in [4.78, 5) is 28.9. The number of amides is 2. The van der Waals surface area contributed by atoms with Gasteiger partial charge in [-0.1, -0.05) is 30.3 Å². The lowest BCUT2D eigenvalue weighted by Crippen LogP contribution is -2.48. The Balaban J connectivity index is 1.39. The van der Waals surface area contributed by atoms with Crippen LogP contribution >= 0.6 is 0 Å². The number of alkyl halides is 3. The number of nitrogens with zero attached hydrogens (tertiary/aromatic N) is 2. The molecule has 3 aromatic carbocycles. The highest BCUT2D eigenvalue weighted by Crippen LogP contribution is 2.32. The molecule has 5 nitrogen and oxygen atoms in total. The van der Waals surface area contributed by atoms with Crippen molar-refractivity contribution in [1.82, 2.24) is 4.90 Å². The fraction of sp³-hybridized carbons (Fsp3) is 0.200. The van der Waals surface area contributed by atoms with E-state index in [-0.39, 0.29) is 11.8 Å². The number of piperazine rings is 1. The third kappa shape index (κ3) is 5.34. The van der Waals surface area contributed by atoms with Crippen molar-refractivity contribution in [3.05, 3.63) is 95.6 Å². The number of carbonyl (C=O) groups is 2. The molecule has 170 valence electrons. The Bertz CT molecular complexity index is 1140. The summed E-state index contributed by atoms with van der Waals surface area (Å²) in [5.74, 6) is -0.454. The summed E-state index contributed by atoms with van der Waals surface area (Å²) in [5, 5.41) is 2.79. The van der Waals surface area contributed by atoms with Crippen LogP contribution in [0.3, 0.4) is 0 Å². The van der Waals surface area contributed by atoms with Gasteiger partial charge in [0, 0.05) is 48.7 Å². The standard InChI is InChI=1S/C25H22F3N3O2/c26-25(27,28)20-9-5-11-22(17-20)30-12-14-31(15-13-30)24(33)19-8-4-10-21(16-19)29-23(32)18-6-2-1-3-7-18/h1-11,16-17H,12-15H2,(H,29,32). The average molecular weight is 453 g/mol. The first kappa shape index (κ1) is 22.4. The summed E-state index contributed by atoms with van der Waals surface area (Å²) < 4.78 is 39.0. The highest BCUT2D eigenvalue weighted by molar-refractivity contribution is 6.05. The minimum absolute atomic E-state index is 0.186. The summed E-state index contributed by atoms with van der Waals surface area (Å²) in [6.45, 7) is 1.63. The molecule has 0 radical (unpaired) electrons. The van der Waals surface area contributed by atoms with Crippen LogP contribution in [-0.4, -0.2) is 42.9 Å². The van der Waals surface area contributed by atoms with Gasteiger partial charge >= 0.3 is 6.18 Å². The summed E-state index contributed by atoms with van der Waals surface area (Å²) in [6.07, 6.45) is -4.39. The average Bonchev–Trinajstić information content (AvgIpc) is 2.84. The first-order valence-corrected chi connectivity index (χ1v) is 10.5. The van der Waals surface area contributed by atoms with Gasteiger partial charge in [0.05, 0.1) is 5.56 Å². The maximum atomic E-state index is 13.0. The largest absolute Gasteiger partial charge is 0.416 e. The van der Waals surface area contributed by atoms with Crippen molar-refractivity contribution in [2.45, 2.75) is 6.18 Å². The van der Waals surface area contributed by atoms with E-state index >= 15 is 0 Å². The van der Waals surface area contributed by atoms with Crippen molar-refractivity contribution in [3.63, 3.8) is 0 Å². The zero-order valence-corrected chi connectivity index (χ0v) is 17.7. The molecule has 1 saturated heterocycles. The van der Waals surface area contributed by atoms with E-state index in [9.17, 15) is 22.8 Å². The molecule has 8 heteroatoms. The van der Waals surface area contributed by atoms with Gasteiger partial charge in [0.2, 0.25) is 0 Å². The SMILES string of the molecule is O=C(Nc1cccc(C(=O)N2CCN(c3cccc(C(F)(F)F)c3)CC2)c1)c1ccccc1. The summed E-state index contributed by atoms with van der Waals surface area (Å²) in [7, 11) is 0. The Morgan fingerprint density at radius 1 is 0.758 bits per heavy atom. The number of anilines is 2. The van der Waals surface area contributed by atoms with E-state index in [2.05, 4.69) is 5.32 Å². The van der Waals surface area contributed by atoms with Crippen LogP contribution in [-0.2, 0) is 6.18 Å². The van der Waals surface area contributed by atoms with Crippen LogP contribution in [0.2, 0.25) is 0 Å². The second kappa shape index (κ2) is 9.36. The molecule has 1 N–H and O–H groups in total. The van der Waals surface area contributed by atoms with Crippen molar-refractivity contribution in [1.29, 1.82) is 0 Å². The molecule has 2 amide bonds. The molecule has 33 heavy (non-hydrogen) atoms. The number of carbonyl (C=O) groups excluding carboxylic acids is 2. The molecular weight excluding hydrogens is 431 g/mol. The summed E-state index contributed by atoms with van der Waals surface area (Å²) >= 11 is 0. The van der Waals surface area contributed by atoms with Crippen molar-refractivity contribution in [3.8, 4) is 0 Å². The number of benzene rings is 3. The monoisotopic (exact) mass is 453 g/mol. The second-order valence-electron chi connectivity index (χ2n) is 7.73. The molecule has 0 aliphatic carbocycles. The lowest BCUT2D eigenvalue weighted by molar-refractivity contribution is -0.137. The van der Waals surface area contributed by atoms with E-state index in [1.807, 2.05) is 11.0 Å². The van der Waals surface area contributed by atoms with Crippen LogP contribution < -0.4 is 10.2 Å². The fourth-order valence-corrected chi connectivity index (χ4v) is 3.75. The van der Waals surface area contributed by atoms with Crippen molar-refractivity contribution < 1.29 is 22.8 Å². The van der Waals surface area contributed by atoms with E-state index < -0.39 is 11.7 Å². The second-order valence-corrected chi connectivity index (χ2v) is 7.73. The molecule has 1 aliphatic heterocycles. The number of rotatable bonds is 4. The molecule has 0 unspecified atom stereocenters. The summed E-state index contributed by atoms with van der Waals surface area (Å²) in [5.41, 5.74) is 1.26. The molecule has 0 spiro atoms. The van der Waals surface area contributed by atoms with Crippen LogP contribution in [0.1, 0.15) is 26.3 Å². The van der Waals surface area contributed by atoms with Gasteiger partial charge in [-0.2, -0.15) is 13.2 Å². The quantitative estimate of drug-likeness (QED) is 0.610. The minimum atomic E-state index is -4.39. The van der Waals surface area contributed by atoms with Crippen LogP contribution in [0.4, 0.5) is 24.5 Å². The van der Waals surface area contributed by atoms with Crippen LogP contribution in [0, 0.1) is 0 Å². The molecule has 3 aromatic rings. The minimum Gasteiger partial charge on any atom is -0.368 e. The van der Waals surface area contributed by atoms with Gasteiger partial charge in [-0.05, 0) is 48.5 Å². The normalized spacial score (nSPS) is 14.2. The Labute approximate surface area is 189 Å². The van der Waals surface area contributed by atoms with Gasteiger partial charge in [-0.15, -0.1) is 0 Å². The van der Waals surface area contributed by atoms with E-state index in [0.29, 0.717) is 48.7 Å². The lowest BCUT2D eigenvalue weighted by Gasteiger charge is -2.36. The van der Waals surface area contributed by atoms with Crippen molar-refractivity contribution >= 4 is 23.2 Å². The van der Waals surface area contributed by atoms with E-state index in [4.69, 9.17) is 0 Å². The van der Waals surface area contributed by atoms with E-state index in [1.165, 1.54) is 6.07 Å². The van der Waals surface area contributed by atoms with Gasteiger partial charge in [0.15, 0.2) is 0 Å². The van der Waals surface area contributed by atoms with Gasteiger partial charge in [-0.3, -0.25) is 9.59 Å². The van der Waals surface area contributed by atoms with Crippen molar-refractivity contribution in [2.75, 3.05) is 36.4 Å². The summed E-state index contributed by atoms with van der Waals surface area (Å²) in [6, 6.07) is 20.7. The van der Waals surface area contributed by atoms with Crippen molar-refractivity contribution in [2.24, 2.45) is 0 Å². The highest BCUT2D eigenvalue weighted by atomic mass is 19.4. The van der Waals surface area contributed by atoms with Gasteiger partial charge in [0.25, 0.3) is 11.8 Å². The molecule has 1 fully saturated rings. The predicted octanol–water partition coefficient (Wildman–Crippen LogP) is 4.92. The van der Waals surface area contributed by atoms with Crippen LogP contribution in [0.15, 0.2) is 78.9 Å². The molecule has 0 atom stereocenters. The smallest absolute Gasteiger partial charge is 0.368 e. The molecule has 0 saturated carbocycles. The molecular formula is C25H22F3N3O2. The number of nitrogens with one attached hydrogen (secondary N) is 1. The topological polar surface area (TPSA) is 52.7 Å². The predicted molar refractivity (Wildman–Crippen MR) is 120 cm³/mol. The third-order valence-electron chi connectivity index (χ3n) is 5.51. The Kier molecular flexibility index (Phi) is 6.35. The molecule has 1 heterocycles. The fourth-order valence-electron chi connectivity index (χ4n) is 3.75. The van der Waals surface area contributed by atoms with Crippen LogP contribution in [0.25, 0.3) is 0 Å². The molecule has 0 bridgehead atoms. The van der Waals surface area contributed by atoms with Gasteiger partial charge in [0.1, 0.15) is 0 Å². The zero-order chi connectivity index (χ0) is 23.4. The first-order chi connectivity index (χ1) is 15.8. The number of hydrogen-bond donors (Lipinski definition) is 1. The lowest BCUT2D eigenvalue weighted by atomic mass is 10.1. The highest BCUT2D eigenvalue weighted by Gasteiger charge is 2.31. The van der Waals surface area contributed by atoms with E-state index in [1.54, 1.807) is 59.5 Å². The first-order valence-electron chi connectivity index (χ1n) is 10.5. The van der Waals surface area contributed by atoms with Crippen LogP contribution in [0.5, 0.6) is 0 Å². The maximum absolute atomic E-state index is 13.0. The Morgan fingerprint density at radius 3 is 2.12 bits per heavy atom. The molecule has 1 aliphatic rings. The zero-order valence-electron chi connectivity index (χ0n) is 17.7. The Morgan fingerprint density at radius 2 is 1.42 bits per heavy atom. The van der Waals surface area contributed by atoms with E-state index in [0.717, 1.165) is 12.1 Å². The maximum Gasteiger partial charge on any atom is 0.416 e. The third-order valence-corrected chi connectivity index (χ3v) is 5.51. The molecule has 0 aromatic heterocycles.